The lowest BCUT2D eigenvalue weighted by Gasteiger charge is -2.36. The van der Waals surface area contributed by atoms with Crippen LogP contribution in [-0.4, -0.2) is 63.9 Å². The number of hydrogen-bond acceptors (Lipinski definition) is 6. The first-order valence-electron chi connectivity index (χ1n) is 13.1. The number of aromatic nitrogens is 2. The van der Waals surface area contributed by atoms with Gasteiger partial charge >= 0.3 is 0 Å². The number of nitrogens with one attached hydrogen (secondary N) is 1. The minimum absolute atomic E-state index is 0.0111. The Morgan fingerprint density at radius 2 is 1.97 bits per heavy atom. The van der Waals surface area contributed by atoms with E-state index in [2.05, 4.69) is 34.3 Å². The summed E-state index contributed by atoms with van der Waals surface area (Å²) in [5.41, 5.74) is 5.27. The molecule has 3 aliphatic heterocycles. The molecule has 6 rings (SSSR count). The summed E-state index contributed by atoms with van der Waals surface area (Å²) in [6, 6.07) is 14.2. The average molecular weight is 532 g/mol. The number of amides is 2. The van der Waals surface area contributed by atoms with Crippen molar-refractivity contribution < 1.29 is 14.3 Å². The Labute approximate surface area is 227 Å². The van der Waals surface area contributed by atoms with Crippen LogP contribution < -0.4 is 5.32 Å². The molecule has 1 saturated heterocycles. The quantitative estimate of drug-likeness (QED) is 0.522. The van der Waals surface area contributed by atoms with Crippen molar-refractivity contribution in [3.63, 3.8) is 0 Å². The number of ether oxygens (including phenoxy) is 1. The zero-order valence-corrected chi connectivity index (χ0v) is 22.1. The molecule has 3 aliphatic rings. The van der Waals surface area contributed by atoms with Crippen LogP contribution >= 0.6 is 11.6 Å². The van der Waals surface area contributed by atoms with E-state index in [0.717, 1.165) is 30.4 Å². The van der Waals surface area contributed by atoms with E-state index in [-0.39, 0.29) is 30.4 Å². The lowest BCUT2D eigenvalue weighted by molar-refractivity contribution is -0.134. The number of carbonyl (C=O) groups is 2. The summed E-state index contributed by atoms with van der Waals surface area (Å²) in [5, 5.41) is 3.79. The number of fused-ring (bicyclic) bond motifs is 2. The molecule has 1 atom stereocenters. The number of benzene rings is 2. The first-order valence-corrected chi connectivity index (χ1v) is 13.5. The summed E-state index contributed by atoms with van der Waals surface area (Å²) in [4.78, 5) is 39.2. The summed E-state index contributed by atoms with van der Waals surface area (Å²) >= 11 is 6.48. The molecule has 1 fully saturated rings. The van der Waals surface area contributed by atoms with Crippen LogP contribution in [0.4, 0.5) is 5.95 Å². The van der Waals surface area contributed by atoms with Gasteiger partial charge in [0, 0.05) is 43.5 Å². The second kappa shape index (κ2) is 10.3. The fraction of sp³-hybridized carbons (Fsp3) is 0.379. The smallest absolute Gasteiger partial charge is 0.254 e. The second-order valence-corrected chi connectivity index (χ2v) is 10.6. The second-order valence-electron chi connectivity index (χ2n) is 10.2. The van der Waals surface area contributed by atoms with E-state index >= 15 is 0 Å². The van der Waals surface area contributed by atoms with Gasteiger partial charge in [0.25, 0.3) is 5.91 Å². The van der Waals surface area contributed by atoms with Crippen LogP contribution in [0.2, 0.25) is 5.02 Å². The Morgan fingerprint density at radius 1 is 1.16 bits per heavy atom. The highest BCUT2D eigenvalue weighted by Gasteiger charge is 2.33. The first kappa shape index (κ1) is 24.8. The van der Waals surface area contributed by atoms with Crippen LogP contribution in [-0.2, 0) is 22.5 Å². The van der Waals surface area contributed by atoms with Crippen LogP contribution in [0.5, 0.6) is 0 Å². The molecule has 0 bridgehead atoms. The Balaban J connectivity index is 1.17. The maximum Gasteiger partial charge on any atom is 0.254 e. The molecule has 0 spiro atoms. The van der Waals surface area contributed by atoms with Gasteiger partial charge in [0.1, 0.15) is 6.54 Å². The predicted octanol–water partition coefficient (Wildman–Crippen LogP) is 4.49. The van der Waals surface area contributed by atoms with E-state index in [4.69, 9.17) is 16.3 Å². The lowest BCUT2D eigenvalue weighted by atomic mass is 9.93. The van der Waals surface area contributed by atoms with Crippen molar-refractivity contribution in [2.24, 2.45) is 0 Å². The minimum Gasteiger partial charge on any atom is -0.381 e. The zero-order valence-electron chi connectivity index (χ0n) is 21.3. The SMILES string of the molecule is C[C@H]1c2ccccc2CCN1C(=O)CN1Cc2ccc(-c3nc(NC4CCOCC4)ncc3Cl)cc2C1=O. The Morgan fingerprint density at radius 3 is 2.82 bits per heavy atom. The van der Waals surface area contributed by atoms with Crippen molar-refractivity contribution in [1.82, 2.24) is 19.8 Å². The molecule has 9 heteroatoms. The van der Waals surface area contributed by atoms with Crippen molar-refractivity contribution in [3.8, 4) is 11.3 Å². The molecule has 0 aliphatic carbocycles. The molecule has 4 heterocycles. The van der Waals surface area contributed by atoms with E-state index in [1.807, 2.05) is 35.2 Å². The third kappa shape index (κ3) is 4.74. The van der Waals surface area contributed by atoms with Crippen molar-refractivity contribution in [2.45, 2.75) is 44.8 Å². The normalized spacial score (nSPS) is 19.3. The number of rotatable bonds is 5. The van der Waals surface area contributed by atoms with E-state index in [9.17, 15) is 9.59 Å². The Bertz CT molecular complexity index is 1390. The summed E-state index contributed by atoms with van der Waals surface area (Å²) in [6.45, 7) is 4.61. The highest BCUT2D eigenvalue weighted by Crippen LogP contribution is 2.33. The van der Waals surface area contributed by atoms with Gasteiger partial charge < -0.3 is 19.9 Å². The third-order valence-electron chi connectivity index (χ3n) is 7.80. The molecular formula is C29H30ClN5O3. The molecular weight excluding hydrogens is 502 g/mol. The highest BCUT2D eigenvalue weighted by atomic mass is 35.5. The standard InChI is InChI=1S/C29H30ClN5O3/c1-18-23-5-3-2-4-19(23)8-11-35(18)26(36)17-34-16-21-7-6-20(14-24(21)28(34)37)27-25(30)15-31-29(33-27)32-22-9-12-38-13-10-22/h2-7,14-15,18,22H,8-13,16-17H2,1H3,(H,31,32,33)/t18-/m0/s1. The number of hydrogen-bond donors (Lipinski definition) is 1. The largest absolute Gasteiger partial charge is 0.381 e. The van der Waals surface area contributed by atoms with Gasteiger partial charge in [-0.25, -0.2) is 9.97 Å². The van der Waals surface area contributed by atoms with Crippen LogP contribution in [0.3, 0.4) is 0 Å². The Hall–Kier alpha value is -3.49. The van der Waals surface area contributed by atoms with Crippen LogP contribution in [0.25, 0.3) is 11.3 Å². The number of halogens is 1. The van der Waals surface area contributed by atoms with Crippen LogP contribution in [0.15, 0.2) is 48.7 Å². The minimum atomic E-state index is -0.147. The number of nitrogens with zero attached hydrogens (tertiary/aromatic N) is 4. The predicted molar refractivity (Wildman–Crippen MR) is 145 cm³/mol. The Kier molecular flexibility index (Phi) is 6.76. The molecule has 0 radical (unpaired) electrons. The monoisotopic (exact) mass is 531 g/mol. The first-order chi connectivity index (χ1) is 18.5. The number of anilines is 1. The van der Waals surface area contributed by atoms with Gasteiger partial charge in [0.05, 0.1) is 23.0 Å². The maximum atomic E-state index is 13.4. The van der Waals surface area contributed by atoms with Gasteiger partial charge in [-0.1, -0.05) is 48.0 Å². The van der Waals surface area contributed by atoms with Gasteiger partial charge in [-0.3, -0.25) is 9.59 Å². The summed E-state index contributed by atoms with van der Waals surface area (Å²) < 4.78 is 5.43. The van der Waals surface area contributed by atoms with Gasteiger partial charge in [-0.05, 0) is 48.9 Å². The summed E-state index contributed by atoms with van der Waals surface area (Å²) in [5.74, 6) is 0.328. The fourth-order valence-electron chi connectivity index (χ4n) is 5.67. The number of carbonyl (C=O) groups excluding carboxylic acids is 2. The van der Waals surface area contributed by atoms with Crippen molar-refractivity contribution >= 4 is 29.4 Å². The van der Waals surface area contributed by atoms with E-state index in [0.29, 0.717) is 48.5 Å². The molecule has 1 aromatic heterocycles. The summed E-state index contributed by atoms with van der Waals surface area (Å²) in [7, 11) is 0. The van der Waals surface area contributed by atoms with Crippen molar-refractivity contribution in [2.75, 3.05) is 31.6 Å². The molecule has 1 N–H and O–H groups in total. The molecule has 2 aromatic carbocycles. The summed E-state index contributed by atoms with van der Waals surface area (Å²) in [6.07, 6.45) is 4.20. The van der Waals surface area contributed by atoms with Crippen molar-refractivity contribution in [3.05, 3.63) is 75.9 Å². The molecule has 3 aromatic rings. The van der Waals surface area contributed by atoms with E-state index < -0.39 is 0 Å². The maximum absolute atomic E-state index is 13.4. The van der Waals surface area contributed by atoms with Gasteiger partial charge in [0.2, 0.25) is 11.9 Å². The van der Waals surface area contributed by atoms with E-state index in [1.165, 1.54) is 11.1 Å². The molecule has 8 nitrogen and oxygen atoms in total. The molecule has 38 heavy (non-hydrogen) atoms. The lowest BCUT2D eigenvalue weighted by Crippen LogP contribution is -2.44. The molecule has 0 unspecified atom stereocenters. The average Bonchev–Trinajstić information content (AvgIpc) is 3.24. The fourth-order valence-corrected chi connectivity index (χ4v) is 5.87. The van der Waals surface area contributed by atoms with Gasteiger partial charge in [0.15, 0.2) is 0 Å². The van der Waals surface area contributed by atoms with Crippen LogP contribution in [0, 0.1) is 0 Å². The molecule has 0 saturated carbocycles. The third-order valence-corrected chi connectivity index (χ3v) is 8.08. The van der Waals surface area contributed by atoms with Gasteiger partial charge in [-0.15, -0.1) is 0 Å². The van der Waals surface area contributed by atoms with Crippen molar-refractivity contribution in [1.29, 1.82) is 0 Å². The zero-order chi connectivity index (χ0) is 26.2. The topological polar surface area (TPSA) is 87.7 Å². The van der Waals surface area contributed by atoms with Crippen LogP contribution in [0.1, 0.15) is 52.9 Å². The van der Waals surface area contributed by atoms with Gasteiger partial charge in [-0.2, -0.15) is 0 Å². The molecule has 2 amide bonds. The highest BCUT2D eigenvalue weighted by molar-refractivity contribution is 6.33. The molecule has 196 valence electrons. The van der Waals surface area contributed by atoms with E-state index in [1.54, 1.807) is 11.1 Å².